The molecule has 0 radical (unpaired) electrons. The van der Waals surface area contributed by atoms with Crippen molar-refractivity contribution in [3.63, 3.8) is 0 Å². The number of alkyl carbamates (subject to hydrolysis) is 1. The van der Waals surface area contributed by atoms with Crippen LogP contribution in [0.15, 0.2) is 16.6 Å². The van der Waals surface area contributed by atoms with Crippen molar-refractivity contribution < 1.29 is 23.5 Å². The molecule has 0 unspecified atom stereocenters. The number of amides is 1. The largest absolute Gasteiger partial charge is 0.489 e. The number of aldehydes is 1. The van der Waals surface area contributed by atoms with Gasteiger partial charge in [0.05, 0.1) is 11.1 Å². The molecule has 0 aliphatic carbocycles. The van der Waals surface area contributed by atoms with Crippen LogP contribution in [0.5, 0.6) is 5.75 Å². The Hall–Kier alpha value is -1.63. The third-order valence-electron chi connectivity index (χ3n) is 2.39. The molecule has 1 rings (SSSR count). The minimum absolute atomic E-state index is 0.0443. The zero-order valence-electron chi connectivity index (χ0n) is 12.7. The summed E-state index contributed by atoms with van der Waals surface area (Å²) in [6, 6.07) is 2.58. The van der Waals surface area contributed by atoms with E-state index in [4.69, 9.17) is 9.47 Å². The smallest absolute Gasteiger partial charge is 0.407 e. The van der Waals surface area contributed by atoms with E-state index in [1.54, 1.807) is 20.8 Å². The van der Waals surface area contributed by atoms with E-state index in [0.717, 1.165) is 6.07 Å². The first-order valence-electron chi connectivity index (χ1n) is 6.77. The quantitative estimate of drug-likeness (QED) is 0.608. The van der Waals surface area contributed by atoms with Crippen molar-refractivity contribution in [2.24, 2.45) is 0 Å². The van der Waals surface area contributed by atoms with Crippen LogP contribution >= 0.6 is 15.9 Å². The van der Waals surface area contributed by atoms with Crippen LogP contribution in [0.2, 0.25) is 0 Å². The maximum atomic E-state index is 13.7. The first kappa shape index (κ1) is 18.4. The second-order valence-corrected chi connectivity index (χ2v) is 6.42. The molecule has 5 nitrogen and oxygen atoms in total. The standard InChI is InChI=1S/C15H19BrFNO4/c1-15(2,3)22-14(20)18-5-4-6-21-13-11(16)7-10(9-19)8-12(13)17/h7-9H,4-6H2,1-3H3,(H,18,20). The van der Waals surface area contributed by atoms with Crippen LogP contribution in [0.3, 0.4) is 0 Å². The van der Waals surface area contributed by atoms with E-state index in [1.807, 2.05) is 0 Å². The molecule has 1 N–H and O–H groups in total. The highest BCUT2D eigenvalue weighted by molar-refractivity contribution is 9.10. The van der Waals surface area contributed by atoms with Gasteiger partial charge >= 0.3 is 6.09 Å². The molecule has 0 saturated carbocycles. The summed E-state index contributed by atoms with van der Waals surface area (Å²) in [6.45, 7) is 5.89. The molecule has 1 amide bonds. The lowest BCUT2D eigenvalue weighted by Crippen LogP contribution is -2.33. The second kappa shape index (κ2) is 8.12. The molecule has 1 aromatic carbocycles. The number of carbonyl (C=O) groups excluding carboxylic acids is 2. The zero-order valence-corrected chi connectivity index (χ0v) is 14.3. The van der Waals surface area contributed by atoms with Crippen LogP contribution in [0, 0.1) is 5.82 Å². The molecule has 0 aromatic heterocycles. The third-order valence-corrected chi connectivity index (χ3v) is 2.98. The maximum Gasteiger partial charge on any atom is 0.407 e. The van der Waals surface area contributed by atoms with Crippen LogP contribution in [-0.4, -0.2) is 31.1 Å². The van der Waals surface area contributed by atoms with Crippen molar-refractivity contribution in [1.29, 1.82) is 0 Å². The van der Waals surface area contributed by atoms with Gasteiger partial charge in [-0.2, -0.15) is 0 Å². The summed E-state index contributed by atoms with van der Waals surface area (Å²) in [7, 11) is 0. The Bertz CT molecular complexity index is 520. The van der Waals surface area contributed by atoms with E-state index in [-0.39, 0.29) is 17.9 Å². The SMILES string of the molecule is CC(C)(C)OC(=O)NCCCOc1c(F)cc(C=O)cc1Br. The van der Waals surface area contributed by atoms with E-state index < -0.39 is 17.5 Å². The lowest BCUT2D eigenvalue weighted by atomic mass is 10.2. The number of hydrogen-bond donors (Lipinski definition) is 1. The van der Waals surface area contributed by atoms with E-state index >= 15 is 0 Å². The second-order valence-electron chi connectivity index (χ2n) is 5.56. The van der Waals surface area contributed by atoms with Gasteiger partial charge in [0, 0.05) is 12.1 Å². The Labute approximate surface area is 137 Å². The van der Waals surface area contributed by atoms with E-state index in [0.29, 0.717) is 23.7 Å². The number of ether oxygens (including phenoxy) is 2. The molecule has 0 atom stereocenters. The zero-order chi connectivity index (χ0) is 16.8. The average Bonchev–Trinajstić information content (AvgIpc) is 2.38. The highest BCUT2D eigenvalue weighted by Crippen LogP contribution is 2.29. The molecule has 0 heterocycles. The van der Waals surface area contributed by atoms with Crippen molar-refractivity contribution >= 4 is 28.3 Å². The Morgan fingerprint density at radius 1 is 1.41 bits per heavy atom. The number of rotatable bonds is 6. The highest BCUT2D eigenvalue weighted by Gasteiger charge is 2.15. The molecule has 0 fully saturated rings. The molecule has 0 bridgehead atoms. The fourth-order valence-corrected chi connectivity index (χ4v) is 2.10. The first-order chi connectivity index (χ1) is 10.2. The summed E-state index contributed by atoms with van der Waals surface area (Å²) in [5, 5.41) is 2.58. The van der Waals surface area contributed by atoms with Gasteiger partial charge in [-0.3, -0.25) is 4.79 Å². The van der Waals surface area contributed by atoms with Crippen LogP contribution in [0.1, 0.15) is 37.6 Å². The fraction of sp³-hybridized carbons (Fsp3) is 0.467. The van der Waals surface area contributed by atoms with Gasteiger partial charge in [0.25, 0.3) is 0 Å². The van der Waals surface area contributed by atoms with E-state index in [9.17, 15) is 14.0 Å². The monoisotopic (exact) mass is 375 g/mol. The number of halogens is 2. The molecule has 0 spiro atoms. The Balaban J connectivity index is 2.37. The fourth-order valence-electron chi connectivity index (χ4n) is 1.54. The minimum atomic E-state index is -0.614. The predicted octanol–water partition coefficient (Wildman–Crippen LogP) is 3.69. The van der Waals surface area contributed by atoms with Gasteiger partial charge in [-0.05, 0) is 55.3 Å². The van der Waals surface area contributed by atoms with Gasteiger partial charge in [0.15, 0.2) is 11.6 Å². The molecule has 0 aliphatic rings. The molecular weight excluding hydrogens is 357 g/mol. The molecule has 22 heavy (non-hydrogen) atoms. The van der Waals surface area contributed by atoms with Crippen LogP contribution in [0.25, 0.3) is 0 Å². The number of nitrogens with one attached hydrogen (secondary N) is 1. The van der Waals surface area contributed by atoms with E-state index in [2.05, 4.69) is 21.2 Å². The van der Waals surface area contributed by atoms with Gasteiger partial charge in [0.1, 0.15) is 11.9 Å². The number of hydrogen-bond acceptors (Lipinski definition) is 4. The van der Waals surface area contributed by atoms with Crippen LogP contribution in [0.4, 0.5) is 9.18 Å². The Kier molecular flexibility index (Phi) is 6.80. The van der Waals surface area contributed by atoms with Gasteiger partial charge < -0.3 is 14.8 Å². The Morgan fingerprint density at radius 3 is 2.64 bits per heavy atom. The van der Waals surface area contributed by atoms with Crippen LogP contribution < -0.4 is 10.1 Å². The third kappa shape index (κ3) is 6.43. The van der Waals surface area contributed by atoms with E-state index in [1.165, 1.54) is 6.07 Å². The molecular formula is C15H19BrFNO4. The van der Waals surface area contributed by atoms with Gasteiger partial charge in [-0.25, -0.2) is 9.18 Å². The normalized spacial score (nSPS) is 11.0. The summed E-state index contributed by atoms with van der Waals surface area (Å²) in [5.74, 6) is -0.570. The molecule has 0 saturated heterocycles. The highest BCUT2D eigenvalue weighted by atomic mass is 79.9. The molecule has 0 aliphatic heterocycles. The van der Waals surface area contributed by atoms with Gasteiger partial charge in [-0.15, -0.1) is 0 Å². The maximum absolute atomic E-state index is 13.7. The number of benzene rings is 1. The summed E-state index contributed by atoms with van der Waals surface area (Å²) >= 11 is 3.15. The lowest BCUT2D eigenvalue weighted by Gasteiger charge is -2.19. The van der Waals surface area contributed by atoms with Crippen molar-refractivity contribution in [3.05, 3.63) is 28.0 Å². The average molecular weight is 376 g/mol. The summed E-state index contributed by atoms with van der Waals surface area (Å²) in [5.41, 5.74) is -0.321. The summed E-state index contributed by atoms with van der Waals surface area (Å²) in [6.07, 6.45) is 0.540. The van der Waals surface area contributed by atoms with Gasteiger partial charge in [0.2, 0.25) is 0 Å². The number of carbonyl (C=O) groups is 2. The first-order valence-corrected chi connectivity index (χ1v) is 7.56. The summed E-state index contributed by atoms with van der Waals surface area (Å²) < 4.78 is 24.5. The van der Waals surface area contributed by atoms with Crippen molar-refractivity contribution in [2.75, 3.05) is 13.2 Å². The minimum Gasteiger partial charge on any atom is -0.489 e. The topological polar surface area (TPSA) is 64.6 Å². The summed E-state index contributed by atoms with van der Waals surface area (Å²) in [4.78, 5) is 22.0. The van der Waals surface area contributed by atoms with Gasteiger partial charge in [-0.1, -0.05) is 0 Å². The molecule has 7 heteroatoms. The molecule has 122 valence electrons. The van der Waals surface area contributed by atoms with Crippen molar-refractivity contribution in [1.82, 2.24) is 5.32 Å². The van der Waals surface area contributed by atoms with Crippen molar-refractivity contribution in [2.45, 2.75) is 32.8 Å². The predicted molar refractivity (Wildman–Crippen MR) is 83.8 cm³/mol. The van der Waals surface area contributed by atoms with Crippen LogP contribution in [-0.2, 0) is 4.74 Å². The Morgan fingerprint density at radius 2 is 2.09 bits per heavy atom. The molecule has 1 aromatic rings. The van der Waals surface area contributed by atoms with Crippen molar-refractivity contribution in [3.8, 4) is 5.75 Å². The lowest BCUT2D eigenvalue weighted by molar-refractivity contribution is 0.0525.